The SMILES string of the molecule is COC(=O)CC(C)(C)CC(=O)N(C)C(C)c1ccc(F)c(F)c1. The predicted molar refractivity (Wildman–Crippen MR) is 82.6 cm³/mol. The van der Waals surface area contributed by atoms with Gasteiger partial charge in [-0.1, -0.05) is 19.9 Å². The van der Waals surface area contributed by atoms with E-state index in [-0.39, 0.29) is 24.7 Å². The number of carbonyl (C=O) groups is 2. The van der Waals surface area contributed by atoms with Gasteiger partial charge in [0.05, 0.1) is 19.6 Å². The van der Waals surface area contributed by atoms with Gasteiger partial charge in [0.15, 0.2) is 11.6 Å². The molecule has 0 aliphatic rings. The minimum absolute atomic E-state index is 0.128. The highest BCUT2D eigenvalue weighted by Crippen LogP contribution is 2.29. The Labute approximate surface area is 135 Å². The van der Waals surface area contributed by atoms with Crippen LogP contribution in [0.15, 0.2) is 18.2 Å². The maximum atomic E-state index is 13.3. The molecule has 1 unspecified atom stereocenters. The molecule has 0 aromatic heterocycles. The highest BCUT2D eigenvalue weighted by Gasteiger charge is 2.29. The molecule has 1 amide bonds. The van der Waals surface area contributed by atoms with E-state index in [9.17, 15) is 18.4 Å². The number of ether oxygens (including phenoxy) is 1. The number of benzene rings is 1. The largest absolute Gasteiger partial charge is 0.469 e. The number of halogens is 2. The van der Waals surface area contributed by atoms with E-state index in [0.29, 0.717) is 5.56 Å². The molecule has 0 aliphatic carbocycles. The van der Waals surface area contributed by atoms with Crippen molar-refractivity contribution < 1.29 is 23.1 Å². The lowest BCUT2D eigenvalue weighted by molar-refractivity contribution is -0.144. The van der Waals surface area contributed by atoms with Gasteiger partial charge >= 0.3 is 5.97 Å². The van der Waals surface area contributed by atoms with Gasteiger partial charge in [-0.3, -0.25) is 9.59 Å². The lowest BCUT2D eigenvalue weighted by Gasteiger charge is -2.30. The second-order valence-electron chi connectivity index (χ2n) is 6.45. The van der Waals surface area contributed by atoms with Gasteiger partial charge in [0.25, 0.3) is 0 Å². The van der Waals surface area contributed by atoms with E-state index in [1.54, 1.807) is 27.8 Å². The Bertz CT molecular complexity index is 587. The first kappa shape index (κ1) is 19.1. The molecular formula is C17H23F2NO3. The number of rotatable bonds is 6. The zero-order chi connectivity index (χ0) is 17.8. The molecule has 1 rings (SSSR count). The lowest BCUT2D eigenvalue weighted by atomic mass is 9.85. The summed E-state index contributed by atoms with van der Waals surface area (Å²) in [5, 5.41) is 0. The van der Waals surface area contributed by atoms with Crippen LogP contribution in [0.25, 0.3) is 0 Å². The highest BCUT2D eigenvalue weighted by atomic mass is 19.2. The molecule has 1 aromatic carbocycles. The Morgan fingerprint density at radius 2 is 1.83 bits per heavy atom. The molecule has 0 heterocycles. The Kier molecular flexibility index (Phi) is 6.24. The molecule has 0 bridgehead atoms. The van der Waals surface area contributed by atoms with Crippen LogP contribution in [0.4, 0.5) is 8.78 Å². The average molecular weight is 327 g/mol. The van der Waals surface area contributed by atoms with E-state index in [0.717, 1.165) is 12.1 Å². The zero-order valence-corrected chi connectivity index (χ0v) is 14.2. The number of carbonyl (C=O) groups excluding carboxylic acids is 2. The van der Waals surface area contributed by atoms with Crippen molar-refractivity contribution in [2.45, 2.75) is 39.7 Å². The summed E-state index contributed by atoms with van der Waals surface area (Å²) in [6.45, 7) is 5.34. The Balaban J connectivity index is 2.78. The van der Waals surface area contributed by atoms with E-state index in [2.05, 4.69) is 4.74 Å². The molecule has 128 valence electrons. The molecule has 23 heavy (non-hydrogen) atoms. The third-order valence-electron chi connectivity index (χ3n) is 3.88. The van der Waals surface area contributed by atoms with Crippen LogP contribution in [-0.2, 0) is 14.3 Å². The van der Waals surface area contributed by atoms with Gasteiger partial charge in [0.1, 0.15) is 0 Å². The standard InChI is InChI=1S/C17H23F2NO3/c1-11(12-6-7-13(18)14(19)8-12)20(4)15(21)9-17(2,3)10-16(22)23-5/h6-8,11H,9-10H2,1-5H3. The Morgan fingerprint density at radius 1 is 1.22 bits per heavy atom. The summed E-state index contributed by atoms with van der Waals surface area (Å²) in [5.41, 5.74) is -0.0443. The van der Waals surface area contributed by atoms with Crippen molar-refractivity contribution in [3.63, 3.8) is 0 Å². The number of amides is 1. The smallest absolute Gasteiger partial charge is 0.306 e. The number of methoxy groups -OCH3 is 1. The molecule has 0 N–H and O–H groups in total. The molecule has 1 aromatic rings. The quantitative estimate of drug-likeness (QED) is 0.752. The number of hydrogen-bond acceptors (Lipinski definition) is 3. The summed E-state index contributed by atoms with van der Waals surface area (Å²) in [6.07, 6.45) is 0.273. The van der Waals surface area contributed by atoms with Crippen LogP contribution < -0.4 is 0 Å². The molecule has 6 heteroatoms. The summed E-state index contributed by atoms with van der Waals surface area (Å²) in [7, 11) is 2.90. The monoisotopic (exact) mass is 327 g/mol. The minimum Gasteiger partial charge on any atom is -0.469 e. The summed E-state index contributed by atoms with van der Waals surface area (Å²) in [5.74, 6) is -2.43. The van der Waals surface area contributed by atoms with E-state index >= 15 is 0 Å². The van der Waals surface area contributed by atoms with Crippen molar-refractivity contribution >= 4 is 11.9 Å². The summed E-state index contributed by atoms with van der Waals surface area (Å²) in [6, 6.07) is 3.17. The van der Waals surface area contributed by atoms with Crippen molar-refractivity contribution in [3.05, 3.63) is 35.4 Å². The third-order valence-corrected chi connectivity index (χ3v) is 3.88. The van der Waals surface area contributed by atoms with Crippen LogP contribution in [0.1, 0.15) is 45.2 Å². The Hall–Kier alpha value is -1.98. The predicted octanol–water partition coefficient (Wildman–Crippen LogP) is 3.46. The zero-order valence-electron chi connectivity index (χ0n) is 14.2. The van der Waals surface area contributed by atoms with Crippen LogP contribution in [-0.4, -0.2) is 30.9 Å². The number of hydrogen-bond donors (Lipinski definition) is 0. The maximum Gasteiger partial charge on any atom is 0.306 e. The molecule has 0 radical (unpaired) electrons. The van der Waals surface area contributed by atoms with Crippen molar-refractivity contribution in [1.82, 2.24) is 4.90 Å². The fourth-order valence-corrected chi connectivity index (χ4v) is 2.27. The van der Waals surface area contributed by atoms with Gasteiger partial charge < -0.3 is 9.64 Å². The van der Waals surface area contributed by atoms with Gasteiger partial charge in [0, 0.05) is 13.5 Å². The Morgan fingerprint density at radius 3 is 2.35 bits per heavy atom. The van der Waals surface area contributed by atoms with Gasteiger partial charge in [0.2, 0.25) is 5.91 Å². The fraction of sp³-hybridized carbons (Fsp3) is 0.529. The first-order valence-corrected chi connectivity index (χ1v) is 7.35. The number of esters is 1. The normalized spacial score (nSPS) is 12.7. The third kappa shape index (κ3) is 5.30. The fourth-order valence-electron chi connectivity index (χ4n) is 2.27. The van der Waals surface area contributed by atoms with Crippen LogP contribution >= 0.6 is 0 Å². The van der Waals surface area contributed by atoms with Crippen LogP contribution in [0.2, 0.25) is 0 Å². The molecule has 0 saturated heterocycles. The van der Waals surface area contributed by atoms with Gasteiger partial charge in [-0.25, -0.2) is 8.78 Å². The molecule has 0 aliphatic heterocycles. The van der Waals surface area contributed by atoms with E-state index in [1.165, 1.54) is 18.1 Å². The molecule has 0 fully saturated rings. The molecule has 1 atom stereocenters. The van der Waals surface area contributed by atoms with Gasteiger partial charge in [-0.2, -0.15) is 0 Å². The average Bonchev–Trinajstić information content (AvgIpc) is 2.47. The van der Waals surface area contributed by atoms with Crippen LogP contribution in [0, 0.1) is 17.0 Å². The highest BCUT2D eigenvalue weighted by molar-refractivity contribution is 5.78. The summed E-state index contributed by atoms with van der Waals surface area (Å²) in [4.78, 5) is 25.2. The van der Waals surface area contributed by atoms with Crippen molar-refractivity contribution in [2.24, 2.45) is 5.41 Å². The molecule has 4 nitrogen and oxygen atoms in total. The molecule has 0 spiro atoms. The van der Waals surface area contributed by atoms with Crippen molar-refractivity contribution in [2.75, 3.05) is 14.2 Å². The van der Waals surface area contributed by atoms with Crippen LogP contribution in [0.5, 0.6) is 0 Å². The van der Waals surface area contributed by atoms with E-state index < -0.39 is 23.1 Å². The summed E-state index contributed by atoms with van der Waals surface area (Å²) >= 11 is 0. The van der Waals surface area contributed by atoms with Gasteiger partial charge in [-0.15, -0.1) is 0 Å². The maximum absolute atomic E-state index is 13.3. The number of nitrogens with zero attached hydrogens (tertiary/aromatic N) is 1. The van der Waals surface area contributed by atoms with Gasteiger partial charge in [-0.05, 0) is 30.0 Å². The van der Waals surface area contributed by atoms with Crippen molar-refractivity contribution in [3.8, 4) is 0 Å². The van der Waals surface area contributed by atoms with Crippen LogP contribution in [0.3, 0.4) is 0 Å². The van der Waals surface area contributed by atoms with E-state index in [4.69, 9.17) is 0 Å². The summed E-state index contributed by atoms with van der Waals surface area (Å²) < 4.78 is 31.0. The topological polar surface area (TPSA) is 46.6 Å². The first-order valence-electron chi connectivity index (χ1n) is 7.35. The lowest BCUT2D eigenvalue weighted by Crippen LogP contribution is -2.34. The second-order valence-corrected chi connectivity index (χ2v) is 6.45. The second kappa shape index (κ2) is 7.53. The van der Waals surface area contributed by atoms with Crippen molar-refractivity contribution in [1.29, 1.82) is 0 Å². The molecule has 0 saturated carbocycles. The first-order chi connectivity index (χ1) is 10.6. The van der Waals surface area contributed by atoms with E-state index in [1.807, 2.05) is 0 Å². The molecular weight excluding hydrogens is 304 g/mol. The minimum atomic E-state index is -0.943.